The number of aryl methyl sites for hydroxylation is 3. The lowest BCUT2D eigenvalue weighted by Crippen LogP contribution is -2.23. The van der Waals surface area contributed by atoms with Crippen LogP contribution in [0.15, 0.2) is 65.5 Å². The monoisotopic (exact) mass is 363 g/mol. The van der Waals surface area contributed by atoms with Crippen LogP contribution >= 0.6 is 0 Å². The normalized spacial score (nSPS) is 11.0. The maximum atomic E-state index is 13.0. The van der Waals surface area contributed by atoms with Crippen LogP contribution < -0.4 is 11.0 Å². The molecular weight excluding hydrogens is 345 g/mol. The number of nitrogens with zero attached hydrogens (tertiary/aromatic N) is 4. The third-order valence-corrected chi connectivity index (χ3v) is 4.31. The quantitative estimate of drug-likeness (QED) is 0.591. The summed E-state index contributed by atoms with van der Waals surface area (Å²) in [6.07, 6.45) is 0.713. The lowest BCUT2D eigenvalue weighted by Gasteiger charge is -2.06. The second kappa shape index (κ2) is 7.03. The molecule has 2 aromatic heterocycles. The Morgan fingerprint density at radius 2 is 1.81 bits per heavy atom. The Morgan fingerprint density at radius 1 is 1.07 bits per heavy atom. The van der Waals surface area contributed by atoms with E-state index in [0.717, 1.165) is 11.3 Å². The molecule has 0 atom stereocenters. The predicted molar refractivity (Wildman–Crippen MR) is 102 cm³/mol. The molecule has 0 spiro atoms. The van der Waals surface area contributed by atoms with Gasteiger partial charge in [0, 0.05) is 17.4 Å². The van der Waals surface area contributed by atoms with Crippen molar-refractivity contribution in [1.29, 1.82) is 0 Å². The van der Waals surface area contributed by atoms with Crippen LogP contribution in [-0.4, -0.2) is 19.2 Å². The molecule has 2 heterocycles. The number of rotatable bonds is 5. The second-order valence-corrected chi connectivity index (χ2v) is 6.29. The fourth-order valence-electron chi connectivity index (χ4n) is 2.95. The summed E-state index contributed by atoms with van der Waals surface area (Å²) >= 11 is 0. The minimum Gasteiger partial charge on any atom is -0.340 e. The third kappa shape index (κ3) is 3.57. The SMILES string of the molecule is Cc1cc(Nc2ccc(F)cc2)nc2nn(CCc3ccccc3)c(=O)n12. The summed E-state index contributed by atoms with van der Waals surface area (Å²) in [5, 5.41) is 7.47. The zero-order valence-electron chi connectivity index (χ0n) is 14.8. The van der Waals surface area contributed by atoms with Crippen molar-refractivity contribution in [2.75, 3.05) is 5.32 Å². The van der Waals surface area contributed by atoms with Gasteiger partial charge < -0.3 is 5.32 Å². The molecule has 0 saturated heterocycles. The average Bonchev–Trinajstić information content (AvgIpc) is 2.99. The number of aromatic nitrogens is 4. The van der Waals surface area contributed by atoms with E-state index >= 15 is 0 Å². The maximum absolute atomic E-state index is 13.0. The van der Waals surface area contributed by atoms with E-state index in [2.05, 4.69) is 15.4 Å². The summed E-state index contributed by atoms with van der Waals surface area (Å²) in [5.41, 5.74) is 2.36. The van der Waals surface area contributed by atoms with Crippen molar-refractivity contribution in [1.82, 2.24) is 19.2 Å². The van der Waals surface area contributed by atoms with Crippen LogP contribution in [-0.2, 0) is 13.0 Å². The van der Waals surface area contributed by atoms with Crippen molar-refractivity contribution in [3.8, 4) is 0 Å². The van der Waals surface area contributed by atoms with E-state index in [0.29, 0.717) is 30.2 Å². The standard InChI is InChI=1S/C20H18FN5O/c1-14-13-18(22-17-9-7-16(21)8-10-17)23-19-24-25(20(27)26(14)19)12-11-15-5-3-2-4-6-15/h2-10,13H,11-12H2,1H3,(H,22,23,24). The molecule has 6 nitrogen and oxygen atoms in total. The molecule has 4 rings (SSSR count). The van der Waals surface area contributed by atoms with Crippen LogP contribution in [0.25, 0.3) is 5.78 Å². The Kier molecular flexibility index (Phi) is 4.42. The summed E-state index contributed by atoms with van der Waals surface area (Å²) in [6.45, 7) is 2.31. The van der Waals surface area contributed by atoms with Crippen LogP contribution in [0.4, 0.5) is 15.9 Å². The van der Waals surface area contributed by atoms with E-state index in [1.807, 2.05) is 37.3 Å². The Labute approximate surface area is 154 Å². The van der Waals surface area contributed by atoms with Gasteiger partial charge in [0.25, 0.3) is 5.78 Å². The summed E-state index contributed by atoms with van der Waals surface area (Å²) in [5.74, 6) is 0.577. The number of anilines is 2. The number of fused-ring (bicyclic) bond motifs is 1. The molecule has 0 saturated carbocycles. The fraction of sp³-hybridized carbons (Fsp3) is 0.150. The van der Waals surface area contributed by atoms with Gasteiger partial charge in [-0.15, -0.1) is 5.10 Å². The van der Waals surface area contributed by atoms with Crippen molar-refractivity contribution in [3.05, 3.63) is 88.2 Å². The molecule has 0 amide bonds. The molecule has 27 heavy (non-hydrogen) atoms. The molecule has 136 valence electrons. The molecule has 7 heteroatoms. The van der Waals surface area contributed by atoms with E-state index in [1.54, 1.807) is 18.2 Å². The Balaban J connectivity index is 1.62. The van der Waals surface area contributed by atoms with Gasteiger partial charge in [0.2, 0.25) is 0 Å². The minimum atomic E-state index is -0.302. The van der Waals surface area contributed by atoms with Crippen LogP contribution in [0.5, 0.6) is 0 Å². The van der Waals surface area contributed by atoms with Gasteiger partial charge in [0.1, 0.15) is 11.6 Å². The first-order valence-electron chi connectivity index (χ1n) is 8.64. The fourth-order valence-corrected chi connectivity index (χ4v) is 2.95. The van der Waals surface area contributed by atoms with E-state index in [-0.39, 0.29) is 11.5 Å². The Morgan fingerprint density at radius 3 is 2.56 bits per heavy atom. The molecule has 0 aliphatic carbocycles. The van der Waals surface area contributed by atoms with Crippen LogP contribution in [0.2, 0.25) is 0 Å². The first-order chi connectivity index (χ1) is 13.1. The van der Waals surface area contributed by atoms with Gasteiger partial charge in [-0.05, 0) is 43.2 Å². The molecule has 0 fully saturated rings. The molecular formula is C20H18FN5O. The first kappa shape index (κ1) is 17.0. The van der Waals surface area contributed by atoms with Crippen LogP contribution in [0.3, 0.4) is 0 Å². The predicted octanol–water partition coefficient (Wildman–Crippen LogP) is 3.32. The molecule has 1 N–H and O–H groups in total. The molecule has 0 unspecified atom stereocenters. The van der Waals surface area contributed by atoms with Gasteiger partial charge in [-0.25, -0.2) is 18.3 Å². The highest BCUT2D eigenvalue weighted by atomic mass is 19.1. The van der Waals surface area contributed by atoms with E-state index in [9.17, 15) is 9.18 Å². The van der Waals surface area contributed by atoms with Crippen molar-refractivity contribution < 1.29 is 4.39 Å². The molecule has 2 aromatic carbocycles. The number of nitrogens with one attached hydrogen (secondary N) is 1. The molecule has 0 aliphatic heterocycles. The Bertz CT molecular complexity index is 1130. The number of halogens is 1. The summed E-state index contributed by atoms with van der Waals surface area (Å²) in [4.78, 5) is 17.1. The number of hydrogen-bond acceptors (Lipinski definition) is 4. The van der Waals surface area contributed by atoms with Gasteiger partial charge in [0.15, 0.2) is 0 Å². The van der Waals surface area contributed by atoms with Crippen molar-refractivity contribution in [2.45, 2.75) is 19.9 Å². The van der Waals surface area contributed by atoms with Crippen molar-refractivity contribution in [2.24, 2.45) is 0 Å². The lowest BCUT2D eigenvalue weighted by molar-refractivity contribution is 0.591. The van der Waals surface area contributed by atoms with E-state index in [4.69, 9.17) is 0 Å². The summed E-state index contributed by atoms with van der Waals surface area (Å²) in [6, 6.07) is 17.7. The van der Waals surface area contributed by atoms with Gasteiger partial charge in [0.05, 0.1) is 6.54 Å². The van der Waals surface area contributed by atoms with Gasteiger partial charge in [-0.3, -0.25) is 0 Å². The maximum Gasteiger partial charge on any atom is 0.351 e. The van der Waals surface area contributed by atoms with E-state index < -0.39 is 0 Å². The smallest absolute Gasteiger partial charge is 0.340 e. The van der Waals surface area contributed by atoms with Crippen molar-refractivity contribution >= 4 is 17.3 Å². The highest BCUT2D eigenvalue weighted by Gasteiger charge is 2.12. The minimum absolute atomic E-state index is 0.209. The lowest BCUT2D eigenvalue weighted by atomic mass is 10.2. The second-order valence-electron chi connectivity index (χ2n) is 6.29. The molecule has 4 aromatic rings. The van der Waals surface area contributed by atoms with Crippen molar-refractivity contribution in [3.63, 3.8) is 0 Å². The third-order valence-electron chi connectivity index (χ3n) is 4.31. The van der Waals surface area contributed by atoms with Gasteiger partial charge in [-0.1, -0.05) is 30.3 Å². The highest BCUT2D eigenvalue weighted by Crippen LogP contribution is 2.16. The Hall–Kier alpha value is -3.48. The first-order valence-corrected chi connectivity index (χ1v) is 8.64. The highest BCUT2D eigenvalue weighted by molar-refractivity contribution is 5.57. The zero-order chi connectivity index (χ0) is 18.8. The van der Waals surface area contributed by atoms with E-state index in [1.165, 1.54) is 21.2 Å². The zero-order valence-corrected chi connectivity index (χ0v) is 14.8. The summed E-state index contributed by atoms with van der Waals surface area (Å²) in [7, 11) is 0. The van der Waals surface area contributed by atoms with Gasteiger partial charge in [-0.2, -0.15) is 4.98 Å². The average molecular weight is 363 g/mol. The molecule has 0 bridgehead atoms. The molecule has 0 aliphatic rings. The van der Waals surface area contributed by atoms with Gasteiger partial charge >= 0.3 is 5.69 Å². The van der Waals surface area contributed by atoms with Crippen LogP contribution in [0.1, 0.15) is 11.3 Å². The topological polar surface area (TPSA) is 64.2 Å². The summed E-state index contributed by atoms with van der Waals surface area (Å²) < 4.78 is 16.0. The number of benzene rings is 2. The molecule has 0 radical (unpaired) electrons. The van der Waals surface area contributed by atoms with Crippen LogP contribution in [0, 0.1) is 12.7 Å². The largest absolute Gasteiger partial charge is 0.351 e. The number of hydrogen-bond donors (Lipinski definition) is 1.